The normalized spacial score (nSPS) is 22.3. The van der Waals surface area contributed by atoms with Gasteiger partial charge in [0.15, 0.2) is 0 Å². The smallest absolute Gasteiger partial charge is 0.358 e. The fourth-order valence-electron chi connectivity index (χ4n) is 2.76. The summed E-state index contributed by atoms with van der Waals surface area (Å²) in [4.78, 5) is 48.3. The summed E-state index contributed by atoms with van der Waals surface area (Å²) in [6, 6.07) is 4.34. The van der Waals surface area contributed by atoms with Gasteiger partial charge in [0.25, 0.3) is 5.60 Å². The van der Waals surface area contributed by atoms with E-state index < -0.39 is 29.2 Å². The molecule has 1 saturated heterocycles. The minimum absolute atomic E-state index is 0.123. The summed E-state index contributed by atoms with van der Waals surface area (Å²) in [6.07, 6.45) is 0.151. The van der Waals surface area contributed by atoms with E-state index in [1.54, 1.807) is 0 Å². The molecule has 1 atom stereocenters. The Morgan fingerprint density at radius 2 is 1.86 bits per heavy atom. The number of Topliss-reactive ketones (excluding diaryl/α,β-unsaturated/α-hetero) is 1. The molecule has 0 radical (unpaired) electrons. The number of carbonyl (C=O) groups excluding carboxylic acids is 4. The first kappa shape index (κ1) is 14.2. The van der Waals surface area contributed by atoms with Gasteiger partial charge in [0.05, 0.1) is 17.9 Å². The van der Waals surface area contributed by atoms with Crippen LogP contribution in [0.1, 0.15) is 30.6 Å². The summed E-state index contributed by atoms with van der Waals surface area (Å²) in [5, 5.41) is 0. The lowest BCUT2D eigenvalue weighted by molar-refractivity contribution is -0.147. The van der Waals surface area contributed by atoms with Crippen LogP contribution in [0.4, 0.5) is 5.69 Å². The zero-order chi connectivity index (χ0) is 16.1. The second kappa shape index (κ2) is 4.66. The molecule has 0 aromatic heterocycles. The highest BCUT2D eigenvalue weighted by Crippen LogP contribution is 2.42. The second-order valence-corrected chi connectivity index (χ2v) is 5.20. The van der Waals surface area contributed by atoms with E-state index in [-0.39, 0.29) is 30.0 Å². The van der Waals surface area contributed by atoms with E-state index in [0.717, 1.165) is 4.90 Å². The van der Waals surface area contributed by atoms with Crippen LogP contribution < -0.4 is 9.64 Å². The first-order valence-corrected chi connectivity index (χ1v) is 6.73. The highest BCUT2D eigenvalue weighted by molar-refractivity contribution is 6.20. The van der Waals surface area contributed by atoms with Gasteiger partial charge in [-0.3, -0.25) is 19.3 Å². The zero-order valence-electron chi connectivity index (χ0n) is 12.0. The van der Waals surface area contributed by atoms with Gasteiger partial charge in [-0.1, -0.05) is 0 Å². The van der Waals surface area contributed by atoms with Crippen molar-refractivity contribution in [2.45, 2.75) is 25.9 Å². The van der Waals surface area contributed by atoms with Gasteiger partial charge in [-0.25, -0.2) is 4.79 Å². The third kappa shape index (κ3) is 1.82. The minimum Gasteiger partial charge on any atom is -0.466 e. The Morgan fingerprint density at radius 1 is 1.18 bits per heavy atom. The maximum atomic E-state index is 12.4. The van der Waals surface area contributed by atoms with Crippen LogP contribution in [0.2, 0.25) is 0 Å². The summed E-state index contributed by atoms with van der Waals surface area (Å²) in [7, 11) is 0. The molecule has 1 unspecified atom stereocenters. The van der Waals surface area contributed by atoms with Crippen molar-refractivity contribution in [3.8, 4) is 5.75 Å². The molecule has 2 aliphatic heterocycles. The predicted octanol–water partition coefficient (Wildman–Crippen LogP) is 0.847. The Bertz CT molecular complexity index is 711. The molecular formula is C15H13NO6. The first-order chi connectivity index (χ1) is 10.4. The van der Waals surface area contributed by atoms with E-state index in [9.17, 15) is 19.2 Å². The Hall–Kier alpha value is -2.70. The van der Waals surface area contributed by atoms with Crippen molar-refractivity contribution in [3.05, 3.63) is 23.8 Å². The molecule has 2 heterocycles. The van der Waals surface area contributed by atoms with Gasteiger partial charge in [0, 0.05) is 26.3 Å². The zero-order valence-corrected chi connectivity index (χ0v) is 12.0. The number of nitrogens with zero attached hydrogens (tertiary/aromatic N) is 1. The fourth-order valence-corrected chi connectivity index (χ4v) is 2.76. The number of imide groups is 1. The van der Waals surface area contributed by atoms with E-state index in [4.69, 9.17) is 9.47 Å². The molecule has 0 bridgehead atoms. The van der Waals surface area contributed by atoms with E-state index in [2.05, 4.69) is 0 Å². The van der Waals surface area contributed by atoms with Gasteiger partial charge < -0.3 is 9.47 Å². The summed E-state index contributed by atoms with van der Waals surface area (Å²) in [5.41, 5.74) is -1.08. The van der Waals surface area contributed by atoms with Crippen molar-refractivity contribution in [3.63, 3.8) is 0 Å². The van der Waals surface area contributed by atoms with Gasteiger partial charge in [0.2, 0.25) is 17.6 Å². The molecule has 1 aromatic carbocycles. The number of hydrogen-bond acceptors (Lipinski definition) is 6. The molecule has 0 saturated carbocycles. The maximum Gasteiger partial charge on any atom is 0.358 e. The highest BCUT2D eigenvalue weighted by atomic mass is 16.6. The van der Waals surface area contributed by atoms with Gasteiger partial charge in [-0.15, -0.1) is 0 Å². The van der Waals surface area contributed by atoms with E-state index >= 15 is 0 Å². The standard InChI is InChI=1S/C15H13NO6/c1-8(17)16(9(2)18)10-3-4-11-12(7-10)22-15(13(11)19)5-6-21-14(15)20/h3-4,7H,5-6H2,1-2H3. The Balaban J connectivity index is 2.03. The Kier molecular flexibility index (Phi) is 3.01. The average molecular weight is 303 g/mol. The molecule has 2 aliphatic rings. The van der Waals surface area contributed by atoms with E-state index in [1.807, 2.05) is 0 Å². The number of rotatable bonds is 1. The lowest BCUT2D eigenvalue weighted by Crippen LogP contribution is -2.44. The lowest BCUT2D eigenvalue weighted by Gasteiger charge is -2.18. The third-order valence-corrected chi connectivity index (χ3v) is 3.77. The molecule has 114 valence electrons. The first-order valence-electron chi connectivity index (χ1n) is 6.73. The lowest BCUT2D eigenvalue weighted by atomic mass is 9.94. The fraction of sp³-hybridized carbons (Fsp3) is 0.333. The van der Waals surface area contributed by atoms with Gasteiger partial charge in [0.1, 0.15) is 5.75 Å². The predicted molar refractivity (Wildman–Crippen MR) is 73.5 cm³/mol. The minimum atomic E-state index is -1.61. The summed E-state index contributed by atoms with van der Waals surface area (Å²) in [5.74, 6) is -1.88. The summed E-state index contributed by atoms with van der Waals surface area (Å²) < 4.78 is 10.4. The summed E-state index contributed by atoms with van der Waals surface area (Å²) >= 11 is 0. The number of benzene rings is 1. The van der Waals surface area contributed by atoms with E-state index in [1.165, 1.54) is 32.0 Å². The topological polar surface area (TPSA) is 90.0 Å². The van der Waals surface area contributed by atoms with Crippen LogP contribution in [-0.2, 0) is 19.1 Å². The number of amides is 2. The molecule has 7 nitrogen and oxygen atoms in total. The molecular weight excluding hydrogens is 290 g/mol. The largest absolute Gasteiger partial charge is 0.466 e. The van der Waals surface area contributed by atoms with Crippen molar-refractivity contribution in [1.82, 2.24) is 0 Å². The monoisotopic (exact) mass is 303 g/mol. The van der Waals surface area contributed by atoms with Crippen LogP contribution in [0.5, 0.6) is 5.75 Å². The number of carbonyl (C=O) groups is 4. The third-order valence-electron chi connectivity index (χ3n) is 3.77. The van der Waals surface area contributed by atoms with Crippen LogP contribution in [0.15, 0.2) is 18.2 Å². The van der Waals surface area contributed by atoms with Crippen molar-refractivity contribution in [1.29, 1.82) is 0 Å². The Labute approximate surface area is 125 Å². The van der Waals surface area contributed by atoms with E-state index in [0.29, 0.717) is 0 Å². The number of ketones is 1. The van der Waals surface area contributed by atoms with Gasteiger partial charge in [-0.2, -0.15) is 0 Å². The number of hydrogen-bond donors (Lipinski definition) is 0. The molecule has 0 N–H and O–H groups in total. The number of esters is 1. The molecule has 3 rings (SSSR count). The number of ether oxygens (including phenoxy) is 2. The Morgan fingerprint density at radius 3 is 2.41 bits per heavy atom. The van der Waals surface area contributed by atoms with Crippen LogP contribution in [0.25, 0.3) is 0 Å². The van der Waals surface area contributed by atoms with Crippen LogP contribution in [-0.4, -0.2) is 35.8 Å². The number of cyclic esters (lactones) is 1. The second-order valence-electron chi connectivity index (χ2n) is 5.20. The molecule has 1 aromatic rings. The number of fused-ring (bicyclic) bond motifs is 1. The van der Waals surface area contributed by atoms with Gasteiger partial charge >= 0.3 is 5.97 Å². The van der Waals surface area contributed by atoms with Crippen molar-refractivity contribution in [2.75, 3.05) is 11.5 Å². The maximum absolute atomic E-state index is 12.4. The quantitative estimate of drug-likeness (QED) is 0.564. The number of anilines is 1. The molecule has 7 heteroatoms. The molecule has 0 aliphatic carbocycles. The summed E-state index contributed by atoms with van der Waals surface area (Å²) in [6.45, 7) is 2.64. The van der Waals surface area contributed by atoms with Crippen molar-refractivity contribution >= 4 is 29.3 Å². The molecule has 1 fully saturated rings. The molecule has 22 heavy (non-hydrogen) atoms. The average Bonchev–Trinajstić information content (AvgIpc) is 2.92. The highest BCUT2D eigenvalue weighted by Gasteiger charge is 2.58. The van der Waals surface area contributed by atoms with Crippen LogP contribution in [0, 0.1) is 0 Å². The molecule has 2 amide bonds. The van der Waals surface area contributed by atoms with Crippen LogP contribution in [0.3, 0.4) is 0 Å². The van der Waals surface area contributed by atoms with Gasteiger partial charge in [-0.05, 0) is 12.1 Å². The van der Waals surface area contributed by atoms with Crippen molar-refractivity contribution < 1.29 is 28.7 Å². The molecule has 1 spiro atoms. The van der Waals surface area contributed by atoms with Crippen LogP contribution >= 0.6 is 0 Å². The van der Waals surface area contributed by atoms with Crippen molar-refractivity contribution in [2.24, 2.45) is 0 Å². The SMILES string of the molecule is CC(=O)N(C(C)=O)c1ccc2c(c1)OC1(CCOC1=O)C2=O.